The van der Waals surface area contributed by atoms with Crippen molar-refractivity contribution in [1.29, 1.82) is 0 Å². The molecule has 0 aliphatic heterocycles. The predicted molar refractivity (Wildman–Crippen MR) is 145 cm³/mol. The van der Waals surface area contributed by atoms with Gasteiger partial charge in [-0.1, -0.05) is 116 Å². The Morgan fingerprint density at radius 3 is 1.68 bits per heavy atom. The number of hydrogen-bond acceptors (Lipinski definition) is 0. The van der Waals surface area contributed by atoms with Crippen LogP contribution in [0.3, 0.4) is 0 Å². The molecule has 1 aliphatic rings. The zero-order valence-electron chi connectivity index (χ0n) is 19.8. The molecule has 34 heavy (non-hydrogen) atoms. The monoisotopic (exact) mass is 436 g/mol. The van der Waals surface area contributed by atoms with E-state index in [0.29, 0.717) is 0 Å². The number of aryl methyl sites for hydroxylation is 1. The predicted octanol–water partition coefficient (Wildman–Crippen LogP) is 9.13. The summed E-state index contributed by atoms with van der Waals surface area (Å²) in [6, 6.07) is 39.8. The molecule has 0 amide bonds. The number of fused-ring (bicyclic) bond motifs is 3. The van der Waals surface area contributed by atoms with Crippen LogP contribution < -0.4 is 0 Å². The van der Waals surface area contributed by atoms with Gasteiger partial charge < -0.3 is 0 Å². The molecule has 0 atom stereocenters. The summed E-state index contributed by atoms with van der Waals surface area (Å²) in [5.41, 5.74) is 16.6. The molecule has 0 spiro atoms. The summed E-state index contributed by atoms with van der Waals surface area (Å²) in [5, 5.41) is 0. The Hall–Kier alpha value is -3.90. The number of benzene rings is 5. The van der Waals surface area contributed by atoms with Crippen LogP contribution in [0.15, 0.2) is 109 Å². The zero-order chi connectivity index (χ0) is 23.1. The molecule has 5 aromatic carbocycles. The van der Waals surface area contributed by atoms with Crippen LogP contribution in [0.4, 0.5) is 0 Å². The van der Waals surface area contributed by atoms with Crippen molar-refractivity contribution < 1.29 is 0 Å². The molecule has 0 saturated heterocycles. The number of hydrogen-bond donors (Lipinski definition) is 0. The average Bonchev–Trinajstić information content (AvgIpc) is 3.28. The van der Waals surface area contributed by atoms with E-state index in [-0.39, 0.29) is 0 Å². The van der Waals surface area contributed by atoms with Crippen LogP contribution in [-0.4, -0.2) is 0 Å². The van der Waals surface area contributed by atoms with Gasteiger partial charge in [-0.25, -0.2) is 0 Å². The lowest BCUT2D eigenvalue weighted by atomic mass is 9.77. The van der Waals surface area contributed by atoms with E-state index in [1.807, 2.05) is 0 Å². The van der Waals surface area contributed by atoms with Crippen LogP contribution >= 0.6 is 0 Å². The van der Waals surface area contributed by atoms with Crippen molar-refractivity contribution in [2.45, 2.75) is 26.7 Å². The lowest BCUT2D eigenvalue weighted by Gasteiger charge is -2.26. The van der Waals surface area contributed by atoms with Crippen LogP contribution in [0, 0.1) is 6.92 Å². The summed E-state index contributed by atoms with van der Waals surface area (Å²) in [5.74, 6) is 0. The molecule has 0 bridgehead atoms. The molecule has 6 rings (SSSR count). The topological polar surface area (TPSA) is 0 Å². The fraction of sp³-hybridized carbons (Fsp3) is 0.118. The lowest BCUT2D eigenvalue weighted by molar-refractivity contribution is 1.09. The maximum absolute atomic E-state index is 2.32. The fourth-order valence-corrected chi connectivity index (χ4v) is 5.78. The fourth-order valence-electron chi connectivity index (χ4n) is 5.78. The third-order valence-corrected chi connectivity index (χ3v) is 7.26. The van der Waals surface area contributed by atoms with Gasteiger partial charge in [0.15, 0.2) is 0 Å². The molecule has 0 nitrogen and oxygen atoms in total. The van der Waals surface area contributed by atoms with Crippen molar-refractivity contribution in [1.82, 2.24) is 0 Å². The van der Waals surface area contributed by atoms with E-state index in [0.717, 1.165) is 12.8 Å². The van der Waals surface area contributed by atoms with Crippen molar-refractivity contribution in [3.8, 4) is 44.5 Å². The minimum atomic E-state index is 1.00. The van der Waals surface area contributed by atoms with Gasteiger partial charge in [-0.15, -0.1) is 0 Å². The van der Waals surface area contributed by atoms with Gasteiger partial charge in [-0.3, -0.25) is 0 Å². The highest BCUT2D eigenvalue weighted by molar-refractivity contribution is 6.06. The van der Waals surface area contributed by atoms with Crippen molar-refractivity contribution in [3.05, 3.63) is 131 Å². The first-order valence-electron chi connectivity index (χ1n) is 12.2. The van der Waals surface area contributed by atoms with Crippen molar-refractivity contribution in [2.75, 3.05) is 0 Å². The standard InChI is InChI=1S/C34H28/c1-3-27-30-22-26-19-11-13-21-29(26)34(30)32(25-17-8-5-9-18-25)31(24-15-6-4-7-16-24)33(27)28-20-12-10-14-23(28)2/h4-21H,3,22H2,1-2H3. The summed E-state index contributed by atoms with van der Waals surface area (Å²) < 4.78 is 0. The summed E-state index contributed by atoms with van der Waals surface area (Å²) in [7, 11) is 0. The molecule has 0 heterocycles. The second kappa shape index (κ2) is 8.47. The molecule has 0 aromatic heterocycles. The highest BCUT2D eigenvalue weighted by atomic mass is 14.3. The van der Waals surface area contributed by atoms with Crippen molar-refractivity contribution in [3.63, 3.8) is 0 Å². The third-order valence-electron chi connectivity index (χ3n) is 7.26. The molecular weight excluding hydrogens is 408 g/mol. The van der Waals surface area contributed by atoms with E-state index in [2.05, 4.69) is 123 Å². The van der Waals surface area contributed by atoms with Crippen molar-refractivity contribution >= 4 is 0 Å². The molecular formula is C34H28. The van der Waals surface area contributed by atoms with Gasteiger partial charge in [0.2, 0.25) is 0 Å². The second-order valence-electron chi connectivity index (χ2n) is 9.19. The smallest absolute Gasteiger partial charge is 0.00103 e. The molecule has 1 aliphatic carbocycles. The first kappa shape index (κ1) is 20.7. The van der Waals surface area contributed by atoms with E-state index in [4.69, 9.17) is 0 Å². The summed E-state index contributed by atoms with van der Waals surface area (Å²) in [6.07, 6.45) is 2.01. The quantitative estimate of drug-likeness (QED) is 0.258. The SMILES string of the molecule is CCc1c2c(c(-c3ccccc3)c(-c3ccccc3)c1-c1ccccc1C)-c1ccccc1C2. The Kier molecular flexibility index (Phi) is 5.15. The highest BCUT2D eigenvalue weighted by Gasteiger charge is 2.31. The minimum Gasteiger partial charge on any atom is -0.0622 e. The van der Waals surface area contributed by atoms with Crippen LogP contribution in [-0.2, 0) is 12.8 Å². The summed E-state index contributed by atoms with van der Waals surface area (Å²) in [6.45, 7) is 4.56. The van der Waals surface area contributed by atoms with E-state index in [1.165, 1.54) is 66.8 Å². The van der Waals surface area contributed by atoms with E-state index >= 15 is 0 Å². The Morgan fingerprint density at radius 1 is 0.529 bits per heavy atom. The van der Waals surface area contributed by atoms with E-state index in [1.54, 1.807) is 0 Å². The molecule has 5 aromatic rings. The van der Waals surface area contributed by atoms with Gasteiger partial charge in [0.1, 0.15) is 0 Å². The molecule has 0 saturated carbocycles. The largest absolute Gasteiger partial charge is 0.0622 e. The van der Waals surface area contributed by atoms with Gasteiger partial charge in [-0.05, 0) is 86.5 Å². The Balaban J connectivity index is 1.86. The van der Waals surface area contributed by atoms with Crippen LogP contribution in [0.1, 0.15) is 29.2 Å². The normalized spacial score (nSPS) is 11.8. The molecule has 0 radical (unpaired) electrons. The maximum Gasteiger partial charge on any atom is -0.00103 e. The average molecular weight is 437 g/mol. The maximum atomic E-state index is 2.32. The molecule has 0 heteroatoms. The summed E-state index contributed by atoms with van der Waals surface area (Å²) in [4.78, 5) is 0. The minimum absolute atomic E-state index is 1.00. The zero-order valence-corrected chi connectivity index (χ0v) is 19.8. The van der Waals surface area contributed by atoms with Crippen LogP contribution in [0.5, 0.6) is 0 Å². The Bertz CT molecular complexity index is 1490. The van der Waals surface area contributed by atoms with Gasteiger partial charge in [-0.2, -0.15) is 0 Å². The molecule has 0 N–H and O–H groups in total. The van der Waals surface area contributed by atoms with Gasteiger partial charge in [0.25, 0.3) is 0 Å². The number of rotatable bonds is 4. The van der Waals surface area contributed by atoms with E-state index in [9.17, 15) is 0 Å². The van der Waals surface area contributed by atoms with Crippen LogP contribution in [0.25, 0.3) is 44.5 Å². The highest BCUT2D eigenvalue weighted by Crippen LogP contribution is 2.53. The lowest BCUT2D eigenvalue weighted by Crippen LogP contribution is -2.03. The third kappa shape index (κ3) is 3.22. The molecule has 0 unspecified atom stereocenters. The molecule has 0 fully saturated rings. The first-order chi connectivity index (χ1) is 16.8. The molecule has 164 valence electrons. The Morgan fingerprint density at radius 2 is 1.06 bits per heavy atom. The van der Waals surface area contributed by atoms with Crippen molar-refractivity contribution in [2.24, 2.45) is 0 Å². The van der Waals surface area contributed by atoms with Gasteiger partial charge in [0, 0.05) is 0 Å². The second-order valence-corrected chi connectivity index (χ2v) is 9.19. The van der Waals surface area contributed by atoms with Gasteiger partial charge in [0.05, 0.1) is 0 Å². The van der Waals surface area contributed by atoms with E-state index < -0.39 is 0 Å². The van der Waals surface area contributed by atoms with Gasteiger partial charge >= 0.3 is 0 Å². The summed E-state index contributed by atoms with van der Waals surface area (Å²) >= 11 is 0. The first-order valence-corrected chi connectivity index (χ1v) is 12.2. The Labute approximate surface area is 202 Å². The van der Waals surface area contributed by atoms with Crippen LogP contribution in [0.2, 0.25) is 0 Å².